The van der Waals surface area contributed by atoms with Crippen LogP contribution in [-0.4, -0.2) is 37.6 Å². The van der Waals surface area contributed by atoms with Gasteiger partial charge in [0.2, 0.25) is 0 Å². The average Bonchev–Trinajstić information content (AvgIpc) is 3.07. The third-order valence-electron chi connectivity index (χ3n) is 3.46. The standard InChI is InChI=1S/C13H13BrN4O2/c14-11-8(3-1-5-15-11)9-7-16-12(17-9)10-4-2-6-18(10)13(19)20/h1,3,5,7,10H,2,4,6H2,(H,16,17)(H,19,20)/t10-/m0/s1. The Labute approximate surface area is 124 Å². The summed E-state index contributed by atoms with van der Waals surface area (Å²) in [5.74, 6) is 0.690. The Morgan fingerprint density at radius 1 is 1.50 bits per heavy atom. The Hall–Kier alpha value is -1.89. The highest BCUT2D eigenvalue weighted by Gasteiger charge is 2.31. The Bertz CT molecular complexity index is 643. The van der Waals surface area contributed by atoms with E-state index in [-0.39, 0.29) is 6.04 Å². The summed E-state index contributed by atoms with van der Waals surface area (Å²) in [6.07, 6.45) is 4.19. The van der Waals surface area contributed by atoms with Crippen molar-refractivity contribution in [2.75, 3.05) is 6.54 Å². The van der Waals surface area contributed by atoms with Crippen LogP contribution in [0.2, 0.25) is 0 Å². The molecule has 2 aromatic rings. The van der Waals surface area contributed by atoms with Crippen LogP contribution in [0.3, 0.4) is 0 Å². The van der Waals surface area contributed by atoms with Gasteiger partial charge in [-0.3, -0.25) is 4.90 Å². The number of hydrogen-bond acceptors (Lipinski definition) is 3. The van der Waals surface area contributed by atoms with Gasteiger partial charge >= 0.3 is 6.09 Å². The lowest BCUT2D eigenvalue weighted by Gasteiger charge is -2.19. The van der Waals surface area contributed by atoms with Crippen LogP contribution >= 0.6 is 15.9 Å². The largest absolute Gasteiger partial charge is 0.465 e. The van der Waals surface area contributed by atoms with Crippen molar-refractivity contribution < 1.29 is 9.90 Å². The quantitative estimate of drug-likeness (QED) is 0.825. The molecule has 1 aliphatic heterocycles. The van der Waals surface area contributed by atoms with E-state index in [1.165, 1.54) is 4.90 Å². The van der Waals surface area contributed by atoms with Crippen LogP contribution in [0, 0.1) is 0 Å². The van der Waals surface area contributed by atoms with Gasteiger partial charge in [0, 0.05) is 18.3 Å². The summed E-state index contributed by atoms with van der Waals surface area (Å²) < 4.78 is 0.733. The molecule has 104 valence electrons. The summed E-state index contributed by atoms with van der Waals surface area (Å²) in [5, 5.41) is 9.18. The van der Waals surface area contributed by atoms with Crippen LogP contribution in [0.1, 0.15) is 24.7 Å². The second-order valence-corrected chi connectivity index (χ2v) is 5.41. The molecule has 20 heavy (non-hydrogen) atoms. The normalized spacial score (nSPS) is 18.4. The highest BCUT2D eigenvalue weighted by molar-refractivity contribution is 9.10. The zero-order valence-electron chi connectivity index (χ0n) is 10.6. The third kappa shape index (κ3) is 2.29. The Kier molecular flexibility index (Phi) is 3.43. The molecule has 1 atom stereocenters. The van der Waals surface area contributed by atoms with Crippen molar-refractivity contribution in [2.45, 2.75) is 18.9 Å². The molecule has 1 aliphatic rings. The Morgan fingerprint density at radius 3 is 3.10 bits per heavy atom. The zero-order valence-corrected chi connectivity index (χ0v) is 12.2. The highest BCUT2D eigenvalue weighted by atomic mass is 79.9. The van der Waals surface area contributed by atoms with E-state index in [0.717, 1.165) is 28.7 Å². The number of nitrogens with zero attached hydrogens (tertiary/aromatic N) is 3. The van der Waals surface area contributed by atoms with Gasteiger partial charge in [-0.05, 0) is 40.9 Å². The van der Waals surface area contributed by atoms with E-state index in [0.29, 0.717) is 12.4 Å². The molecule has 0 spiro atoms. The molecule has 1 fully saturated rings. The van der Waals surface area contributed by atoms with Gasteiger partial charge in [-0.15, -0.1) is 0 Å². The number of carboxylic acid groups (broad SMARTS) is 1. The number of aromatic nitrogens is 3. The lowest BCUT2D eigenvalue weighted by atomic mass is 10.2. The fourth-order valence-corrected chi connectivity index (χ4v) is 2.97. The van der Waals surface area contributed by atoms with E-state index in [2.05, 4.69) is 30.9 Å². The van der Waals surface area contributed by atoms with E-state index in [9.17, 15) is 9.90 Å². The molecule has 3 rings (SSSR count). The number of carbonyl (C=O) groups is 1. The number of likely N-dealkylation sites (tertiary alicyclic amines) is 1. The van der Waals surface area contributed by atoms with Crippen LogP contribution in [-0.2, 0) is 0 Å². The van der Waals surface area contributed by atoms with Crippen molar-refractivity contribution in [3.63, 3.8) is 0 Å². The van der Waals surface area contributed by atoms with Crippen LogP contribution in [0.4, 0.5) is 4.79 Å². The number of pyridine rings is 1. The molecule has 0 unspecified atom stereocenters. The predicted molar refractivity (Wildman–Crippen MR) is 76.2 cm³/mol. The molecule has 0 aliphatic carbocycles. The maximum Gasteiger partial charge on any atom is 0.407 e. The van der Waals surface area contributed by atoms with Crippen molar-refractivity contribution in [1.82, 2.24) is 19.9 Å². The van der Waals surface area contributed by atoms with Gasteiger partial charge in [-0.25, -0.2) is 14.8 Å². The van der Waals surface area contributed by atoms with Gasteiger partial charge in [0.1, 0.15) is 10.4 Å². The van der Waals surface area contributed by atoms with Gasteiger partial charge in [0.25, 0.3) is 0 Å². The van der Waals surface area contributed by atoms with Crippen molar-refractivity contribution in [1.29, 1.82) is 0 Å². The maximum atomic E-state index is 11.2. The topological polar surface area (TPSA) is 82.1 Å². The predicted octanol–water partition coefficient (Wildman–Crippen LogP) is 3.05. The molecular weight excluding hydrogens is 324 g/mol. The summed E-state index contributed by atoms with van der Waals surface area (Å²) in [5.41, 5.74) is 1.74. The number of aromatic amines is 1. The minimum absolute atomic E-state index is 0.184. The van der Waals surface area contributed by atoms with E-state index < -0.39 is 6.09 Å². The second kappa shape index (κ2) is 5.24. The van der Waals surface area contributed by atoms with Gasteiger partial charge in [0.05, 0.1) is 17.9 Å². The number of hydrogen-bond donors (Lipinski definition) is 2. The molecule has 0 radical (unpaired) electrons. The first-order chi connectivity index (χ1) is 9.66. The monoisotopic (exact) mass is 336 g/mol. The minimum Gasteiger partial charge on any atom is -0.465 e. The van der Waals surface area contributed by atoms with Crippen molar-refractivity contribution >= 4 is 22.0 Å². The molecule has 1 saturated heterocycles. The summed E-state index contributed by atoms with van der Waals surface area (Å²) in [4.78, 5) is 24.3. The van der Waals surface area contributed by atoms with E-state index in [1.807, 2.05) is 12.1 Å². The molecular formula is C13H13BrN4O2. The van der Waals surface area contributed by atoms with Crippen molar-refractivity contribution in [3.05, 3.63) is 35.0 Å². The van der Waals surface area contributed by atoms with E-state index >= 15 is 0 Å². The number of halogens is 1. The first-order valence-corrected chi connectivity index (χ1v) is 7.11. The van der Waals surface area contributed by atoms with Crippen LogP contribution in [0.15, 0.2) is 29.1 Å². The molecule has 0 saturated carbocycles. The first kappa shape index (κ1) is 13.1. The molecule has 7 heteroatoms. The number of nitrogens with one attached hydrogen (secondary N) is 1. The van der Waals surface area contributed by atoms with Gasteiger partial charge in [-0.2, -0.15) is 0 Å². The molecule has 1 amide bonds. The molecule has 3 heterocycles. The number of imidazole rings is 1. The minimum atomic E-state index is -0.895. The van der Waals surface area contributed by atoms with E-state index in [1.54, 1.807) is 12.4 Å². The second-order valence-electron chi connectivity index (χ2n) is 4.66. The Morgan fingerprint density at radius 2 is 2.35 bits per heavy atom. The summed E-state index contributed by atoms with van der Waals surface area (Å²) >= 11 is 3.40. The van der Waals surface area contributed by atoms with Crippen LogP contribution in [0.25, 0.3) is 11.3 Å². The molecule has 0 aromatic carbocycles. The Balaban J connectivity index is 1.91. The van der Waals surface area contributed by atoms with Gasteiger partial charge in [-0.1, -0.05) is 0 Å². The lowest BCUT2D eigenvalue weighted by Crippen LogP contribution is -2.29. The van der Waals surface area contributed by atoms with Crippen molar-refractivity contribution in [2.24, 2.45) is 0 Å². The summed E-state index contributed by atoms with van der Waals surface area (Å²) in [6, 6.07) is 3.59. The number of H-pyrrole nitrogens is 1. The van der Waals surface area contributed by atoms with Gasteiger partial charge in [0.15, 0.2) is 0 Å². The number of amides is 1. The zero-order chi connectivity index (χ0) is 14.1. The summed E-state index contributed by atoms with van der Waals surface area (Å²) in [6.45, 7) is 0.562. The molecule has 0 bridgehead atoms. The SMILES string of the molecule is O=C(O)N1CCC[C@H]1c1ncc(-c2cccnc2Br)[nH]1. The number of rotatable bonds is 2. The molecule has 6 nitrogen and oxygen atoms in total. The van der Waals surface area contributed by atoms with Crippen molar-refractivity contribution in [3.8, 4) is 11.3 Å². The fourth-order valence-electron chi connectivity index (χ4n) is 2.51. The molecule has 2 N–H and O–H groups in total. The smallest absolute Gasteiger partial charge is 0.407 e. The first-order valence-electron chi connectivity index (χ1n) is 6.32. The fraction of sp³-hybridized carbons (Fsp3) is 0.308. The highest BCUT2D eigenvalue weighted by Crippen LogP contribution is 2.32. The molecule has 2 aromatic heterocycles. The third-order valence-corrected chi connectivity index (χ3v) is 4.09. The van der Waals surface area contributed by atoms with Crippen LogP contribution in [0.5, 0.6) is 0 Å². The lowest BCUT2D eigenvalue weighted by molar-refractivity contribution is 0.139. The maximum absolute atomic E-state index is 11.2. The summed E-state index contributed by atoms with van der Waals surface area (Å²) in [7, 11) is 0. The van der Waals surface area contributed by atoms with E-state index in [4.69, 9.17) is 0 Å². The average molecular weight is 337 g/mol. The van der Waals surface area contributed by atoms with Crippen LogP contribution < -0.4 is 0 Å². The van der Waals surface area contributed by atoms with Gasteiger partial charge < -0.3 is 10.1 Å².